The van der Waals surface area contributed by atoms with Gasteiger partial charge in [0.1, 0.15) is 6.10 Å². The van der Waals surface area contributed by atoms with Gasteiger partial charge in [0.05, 0.1) is 12.2 Å². The van der Waals surface area contributed by atoms with E-state index in [9.17, 15) is 4.79 Å². The Morgan fingerprint density at radius 3 is 2.70 bits per heavy atom. The highest BCUT2D eigenvalue weighted by molar-refractivity contribution is 5.82. The van der Waals surface area contributed by atoms with Gasteiger partial charge in [-0.05, 0) is 45.2 Å². The molecule has 1 aliphatic rings. The van der Waals surface area contributed by atoms with Crippen molar-refractivity contribution < 1.29 is 9.53 Å². The maximum absolute atomic E-state index is 12.8. The van der Waals surface area contributed by atoms with Crippen molar-refractivity contribution in [1.82, 2.24) is 9.88 Å². The molecule has 4 heteroatoms. The average molecular weight is 276 g/mol. The Hall–Kier alpha value is -1.42. The standard InChI is InChI=1S/C16H24N2O2/c1-12-8-10-20-14(12)15(19)18(16(2,3)4)11-13-7-5-6-9-17-13/h5-7,9,12,14H,8,10-11H2,1-4H3/t12-,14-/m0/s1. The number of carbonyl (C=O) groups is 1. The number of rotatable bonds is 3. The molecule has 4 nitrogen and oxygen atoms in total. The van der Waals surface area contributed by atoms with E-state index in [1.807, 2.05) is 43.9 Å². The zero-order valence-corrected chi connectivity index (χ0v) is 12.8. The number of aromatic nitrogens is 1. The highest BCUT2D eigenvalue weighted by Crippen LogP contribution is 2.26. The summed E-state index contributed by atoms with van der Waals surface area (Å²) in [5, 5.41) is 0. The number of hydrogen-bond acceptors (Lipinski definition) is 3. The van der Waals surface area contributed by atoms with Crippen LogP contribution in [0.2, 0.25) is 0 Å². The van der Waals surface area contributed by atoms with Crippen LogP contribution in [0.15, 0.2) is 24.4 Å². The van der Waals surface area contributed by atoms with Crippen molar-refractivity contribution in [3.63, 3.8) is 0 Å². The molecule has 1 fully saturated rings. The molecule has 2 atom stereocenters. The minimum atomic E-state index is -0.307. The van der Waals surface area contributed by atoms with Crippen LogP contribution in [0.3, 0.4) is 0 Å². The number of hydrogen-bond donors (Lipinski definition) is 0. The molecule has 1 aromatic rings. The lowest BCUT2D eigenvalue weighted by molar-refractivity contribution is -0.148. The Morgan fingerprint density at radius 1 is 1.45 bits per heavy atom. The first-order chi connectivity index (χ1) is 9.39. The fourth-order valence-electron chi connectivity index (χ4n) is 2.46. The zero-order chi connectivity index (χ0) is 14.8. The topological polar surface area (TPSA) is 42.4 Å². The van der Waals surface area contributed by atoms with Crippen LogP contribution in [0.1, 0.15) is 39.8 Å². The summed E-state index contributed by atoms with van der Waals surface area (Å²) < 4.78 is 5.63. The van der Waals surface area contributed by atoms with Crippen molar-refractivity contribution >= 4 is 5.91 Å². The molecule has 1 aliphatic heterocycles. The first-order valence-corrected chi connectivity index (χ1v) is 7.22. The molecule has 0 N–H and O–H groups in total. The molecule has 0 radical (unpaired) electrons. The van der Waals surface area contributed by atoms with Crippen LogP contribution in [-0.4, -0.2) is 34.0 Å². The van der Waals surface area contributed by atoms with Gasteiger partial charge in [-0.25, -0.2) is 0 Å². The van der Waals surface area contributed by atoms with Crippen LogP contribution >= 0.6 is 0 Å². The molecular formula is C16H24N2O2. The maximum Gasteiger partial charge on any atom is 0.252 e. The van der Waals surface area contributed by atoms with E-state index in [2.05, 4.69) is 11.9 Å². The lowest BCUT2D eigenvalue weighted by atomic mass is 9.99. The van der Waals surface area contributed by atoms with Gasteiger partial charge in [0.15, 0.2) is 0 Å². The smallest absolute Gasteiger partial charge is 0.252 e. The Bertz CT molecular complexity index is 453. The second kappa shape index (κ2) is 5.92. The van der Waals surface area contributed by atoms with Gasteiger partial charge in [-0.15, -0.1) is 0 Å². The summed E-state index contributed by atoms with van der Waals surface area (Å²) in [7, 11) is 0. The molecule has 0 aromatic carbocycles. The van der Waals surface area contributed by atoms with Gasteiger partial charge >= 0.3 is 0 Å². The number of nitrogens with zero attached hydrogens (tertiary/aromatic N) is 2. The highest BCUT2D eigenvalue weighted by atomic mass is 16.5. The molecule has 0 spiro atoms. The van der Waals surface area contributed by atoms with Crippen molar-refractivity contribution in [1.29, 1.82) is 0 Å². The predicted octanol–water partition coefficient (Wildman–Crippen LogP) is 2.63. The summed E-state index contributed by atoms with van der Waals surface area (Å²) in [6, 6.07) is 5.78. The summed E-state index contributed by atoms with van der Waals surface area (Å²) in [6.07, 6.45) is 2.41. The van der Waals surface area contributed by atoms with Gasteiger partial charge in [-0.3, -0.25) is 9.78 Å². The van der Waals surface area contributed by atoms with E-state index in [0.717, 1.165) is 12.1 Å². The van der Waals surface area contributed by atoms with Gasteiger partial charge in [0.2, 0.25) is 0 Å². The van der Waals surface area contributed by atoms with Gasteiger partial charge in [-0.1, -0.05) is 13.0 Å². The average Bonchev–Trinajstić information content (AvgIpc) is 2.81. The minimum absolute atomic E-state index is 0.0770. The monoisotopic (exact) mass is 276 g/mol. The fraction of sp³-hybridized carbons (Fsp3) is 0.625. The van der Waals surface area contributed by atoms with Crippen LogP contribution in [0.4, 0.5) is 0 Å². The van der Waals surface area contributed by atoms with E-state index in [0.29, 0.717) is 13.2 Å². The second-order valence-electron chi connectivity index (χ2n) is 6.47. The quantitative estimate of drug-likeness (QED) is 0.852. The van der Waals surface area contributed by atoms with E-state index in [1.165, 1.54) is 0 Å². The molecule has 0 saturated carbocycles. The summed E-state index contributed by atoms with van der Waals surface area (Å²) in [4.78, 5) is 19.0. The Kier molecular flexibility index (Phi) is 4.43. The van der Waals surface area contributed by atoms with E-state index in [4.69, 9.17) is 4.74 Å². The normalized spacial score (nSPS) is 22.8. The van der Waals surface area contributed by atoms with Crippen LogP contribution in [-0.2, 0) is 16.1 Å². The number of amides is 1. The van der Waals surface area contributed by atoms with Crippen LogP contribution in [0.5, 0.6) is 0 Å². The molecule has 0 unspecified atom stereocenters. The molecule has 2 heterocycles. The molecule has 0 aliphatic carbocycles. The van der Waals surface area contributed by atoms with Gasteiger partial charge in [-0.2, -0.15) is 0 Å². The SMILES string of the molecule is C[C@H]1CCO[C@@H]1C(=O)N(Cc1ccccn1)C(C)(C)C. The number of pyridine rings is 1. The molecular weight excluding hydrogens is 252 g/mol. The van der Waals surface area contributed by atoms with Crippen LogP contribution in [0, 0.1) is 5.92 Å². The van der Waals surface area contributed by atoms with E-state index in [1.54, 1.807) is 6.20 Å². The molecule has 2 rings (SSSR count). The molecule has 1 saturated heterocycles. The molecule has 110 valence electrons. The zero-order valence-electron chi connectivity index (χ0n) is 12.8. The fourth-order valence-corrected chi connectivity index (χ4v) is 2.46. The van der Waals surface area contributed by atoms with Crippen molar-refractivity contribution in [3.8, 4) is 0 Å². The third-order valence-electron chi connectivity index (χ3n) is 3.75. The summed E-state index contributed by atoms with van der Waals surface area (Å²) >= 11 is 0. The van der Waals surface area contributed by atoms with E-state index < -0.39 is 0 Å². The third-order valence-corrected chi connectivity index (χ3v) is 3.75. The van der Waals surface area contributed by atoms with Crippen molar-refractivity contribution in [2.45, 2.75) is 52.3 Å². The van der Waals surface area contributed by atoms with Crippen molar-refractivity contribution in [3.05, 3.63) is 30.1 Å². The van der Waals surface area contributed by atoms with Crippen LogP contribution in [0.25, 0.3) is 0 Å². The third kappa shape index (κ3) is 3.37. The molecule has 1 amide bonds. The summed E-state index contributed by atoms with van der Waals surface area (Å²) in [5.41, 5.74) is 0.654. The van der Waals surface area contributed by atoms with Gasteiger partial charge in [0.25, 0.3) is 5.91 Å². The summed E-state index contributed by atoms with van der Waals surface area (Å²) in [6.45, 7) is 9.43. The molecule has 1 aromatic heterocycles. The number of carbonyl (C=O) groups excluding carboxylic acids is 1. The Balaban J connectivity index is 2.18. The van der Waals surface area contributed by atoms with Gasteiger partial charge < -0.3 is 9.64 Å². The second-order valence-corrected chi connectivity index (χ2v) is 6.47. The Labute approximate surface area is 121 Å². The molecule has 0 bridgehead atoms. The van der Waals surface area contributed by atoms with Crippen molar-refractivity contribution in [2.75, 3.05) is 6.61 Å². The summed E-state index contributed by atoms with van der Waals surface area (Å²) in [5.74, 6) is 0.365. The first kappa shape index (κ1) is 15.0. The Morgan fingerprint density at radius 2 is 2.20 bits per heavy atom. The molecule has 20 heavy (non-hydrogen) atoms. The number of ether oxygens (including phenoxy) is 1. The first-order valence-electron chi connectivity index (χ1n) is 7.22. The van der Waals surface area contributed by atoms with E-state index in [-0.39, 0.29) is 23.5 Å². The van der Waals surface area contributed by atoms with Gasteiger partial charge in [0, 0.05) is 18.3 Å². The largest absolute Gasteiger partial charge is 0.368 e. The maximum atomic E-state index is 12.8. The van der Waals surface area contributed by atoms with E-state index >= 15 is 0 Å². The lowest BCUT2D eigenvalue weighted by Gasteiger charge is -2.37. The van der Waals surface area contributed by atoms with Crippen LogP contribution < -0.4 is 0 Å². The minimum Gasteiger partial charge on any atom is -0.368 e. The lowest BCUT2D eigenvalue weighted by Crippen LogP contribution is -2.50. The van der Waals surface area contributed by atoms with Crippen molar-refractivity contribution in [2.24, 2.45) is 5.92 Å². The highest BCUT2D eigenvalue weighted by Gasteiger charge is 2.38. The predicted molar refractivity (Wildman–Crippen MR) is 78.1 cm³/mol.